The van der Waals surface area contributed by atoms with Crippen molar-refractivity contribution in [1.82, 2.24) is 15.0 Å². The monoisotopic (exact) mass is 266 g/mol. The molecule has 1 N–H and O–H groups in total. The van der Waals surface area contributed by atoms with Crippen molar-refractivity contribution >= 4 is 11.4 Å². The van der Waals surface area contributed by atoms with E-state index in [9.17, 15) is 0 Å². The van der Waals surface area contributed by atoms with E-state index in [1.54, 1.807) is 18.0 Å². The summed E-state index contributed by atoms with van der Waals surface area (Å²) in [5.41, 5.74) is 2.95. The molecule has 1 heterocycles. The van der Waals surface area contributed by atoms with Crippen LogP contribution in [0.5, 0.6) is 5.75 Å². The second kappa shape index (κ2) is 5.44. The Morgan fingerprint density at radius 3 is 2.60 bits per heavy atom. The molecular formula is C15H14N4O. The van der Waals surface area contributed by atoms with Crippen molar-refractivity contribution < 1.29 is 4.74 Å². The quantitative estimate of drug-likeness (QED) is 0.788. The highest BCUT2D eigenvalue weighted by Gasteiger charge is 2.00. The summed E-state index contributed by atoms with van der Waals surface area (Å²) in [6.45, 7) is 0. The fourth-order valence-electron chi connectivity index (χ4n) is 1.91. The van der Waals surface area contributed by atoms with Crippen LogP contribution in [0, 0.1) is 0 Å². The van der Waals surface area contributed by atoms with Gasteiger partial charge in [-0.25, -0.2) is 4.68 Å². The van der Waals surface area contributed by atoms with E-state index < -0.39 is 0 Å². The average molecular weight is 266 g/mol. The van der Waals surface area contributed by atoms with Gasteiger partial charge in [0.05, 0.1) is 25.2 Å². The Morgan fingerprint density at radius 2 is 1.90 bits per heavy atom. The number of benzene rings is 2. The molecule has 5 heteroatoms. The lowest BCUT2D eigenvalue weighted by molar-refractivity contribution is 0.415. The van der Waals surface area contributed by atoms with Crippen LogP contribution in [0.15, 0.2) is 60.9 Å². The Morgan fingerprint density at radius 1 is 1.05 bits per heavy atom. The number of nitrogens with one attached hydrogen (secondary N) is 1. The molecule has 0 saturated heterocycles. The van der Waals surface area contributed by atoms with E-state index in [2.05, 4.69) is 15.6 Å². The van der Waals surface area contributed by atoms with Crippen LogP contribution < -0.4 is 10.1 Å². The lowest BCUT2D eigenvalue weighted by Gasteiger charge is -2.09. The van der Waals surface area contributed by atoms with Crippen LogP contribution in [0.4, 0.5) is 11.4 Å². The van der Waals surface area contributed by atoms with Crippen molar-refractivity contribution in [3.8, 4) is 11.4 Å². The first-order valence-corrected chi connectivity index (χ1v) is 6.23. The second-order valence-electron chi connectivity index (χ2n) is 4.25. The van der Waals surface area contributed by atoms with Crippen molar-refractivity contribution in [2.75, 3.05) is 12.4 Å². The molecule has 0 saturated carbocycles. The molecule has 0 aliphatic heterocycles. The van der Waals surface area contributed by atoms with E-state index in [0.717, 1.165) is 22.8 Å². The Kier molecular flexibility index (Phi) is 3.33. The summed E-state index contributed by atoms with van der Waals surface area (Å²) in [7, 11) is 1.66. The molecule has 100 valence electrons. The Hall–Kier alpha value is -2.82. The molecule has 0 spiro atoms. The van der Waals surface area contributed by atoms with Crippen molar-refractivity contribution in [2.45, 2.75) is 0 Å². The summed E-state index contributed by atoms with van der Waals surface area (Å²) in [6.07, 6.45) is 3.47. The van der Waals surface area contributed by atoms with E-state index in [4.69, 9.17) is 4.74 Å². The van der Waals surface area contributed by atoms with Crippen LogP contribution in [-0.2, 0) is 0 Å². The van der Waals surface area contributed by atoms with Crippen molar-refractivity contribution in [3.63, 3.8) is 0 Å². The van der Waals surface area contributed by atoms with E-state index in [-0.39, 0.29) is 0 Å². The maximum atomic E-state index is 5.14. The molecule has 5 nitrogen and oxygen atoms in total. The van der Waals surface area contributed by atoms with Crippen LogP contribution in [0.25, 0.3) is 5.69 Å². The second-order valence-corrected chi connectivity index (χ2v) is 4.25. The van der Waals surface area contributed by atoms with E-state index in [0.29, 0.717) is 0 Å². The summed E-state index contributed by atoms with van der Waals surface area (Å²) >= 11 is 0. The fraction of sp³-hybridized carbons (Fsp3) is 0.0667. The zero-order valence-electron chi connectivity index (χ0n) is 11.0. The van der Waals surface area contributed by atoms with Crippen LogP contribution >= 0.6 is 0 Å². The molecule has 0 fully saturated rings. The van der Waals surface area contributed by atoms with E-state index >= 15 is 0 Å². The largest absolute Gasteiger partial charge is 0.497 e. The molecule has 0 amide bonds. The molecular weight excluding hydrogens is 252 g/mol. The number of hydrogen-bond donors (Lipinski definition) is 1. The standard InChI is InChI=1S/C15H14N4O/c1-20-15-7-5-12(6-8-15)17-13-3-2-4-14(11-13)19-10-9-16-18-19/h2-11,17H,1H3. The van der Waals surface area contributed by atoms with Crippen molar-refractivity contribution in [3.05, 3.63) is 60.9 Å². The van der Waals surface area contributed by atoms with Gasteiger partial charge in [-0.3, -0.25) is 0 Å². The summed E-state index contributed by atoms with van der Waals surface area (Å²) < 4.78 is 6.86. The number of nitrogens with zero attached hydrogens (tertiary/aromatic N) is 3. The molecule has 2 aromatic carbocycles. The van der Waals surface area contributed by atoms with Crippen molar-refractivity contribution in [1.29, 1.82) is 0 Å². The Balaban J connectivity index is 1.82. The van der Waals surface area contributed by atoms with Gasteiger partial charge in [-0.05, 0) is 42.5 Å². The third kappa shape index (κ3) is 2.61. The van der Waals surface area contributed by atoms with Crippen LogP contribution in [0.3, 0.4) is 0 Å². The van der Waals surface area contributed by atoms with Gasteiger partial charge < -0.3 is 10.1 Å². The molecule has 0 unspecified atom stereocenters. The molecule has 0 radical (unpaired) electrons. The fourth-order valence-corrected chi connectivity index (χ4v) is 1.91. The van der Waals surface area contributed by atoms with E-state index in [1.165, 1.54) is 0 Å². The van der Waals surface area contributed by atoms with Gasteiger partial charge in [-0.2, -0.15) is 0 Å². The average Bonchev–Trinajstić information content (AvgIpc) is 3.03. The lowest BCUT2D eigenvalue weighted by atomic mass is 10.2. The van der Waals surface area contributed by atoms with Crippen LogP contribution in [0.1, 0.15) is 0 Å². The lowest BCUT2D eigenvalue weighted by Crippen LogP contribution is -1.97. The normalized spacial score (nSPS) is 10.2. The molecule has 0 bridgehead atoms. The van der Waals surface area contributed by atoms with Gasteiger partial charge in [-0.1, -0.05) is 11.3 Å². The molecule has 3 aromatic rings. The predicted molar refractivity (Wildman–Crippen MR) is 77.6 cm³/mol. The van der Waals surface area contributed by atoms with Gasteiger partial charge in [-0.15, -0.1) is 5.10 Å². The minimum absolute atomic E-state index is 0.840. The predicted octanol–water partition coefficient (Wildman–Crippen LogP) is 3.02. The molecule has 3 rings (SSSR count). The van der Waals surface area contributed by atoms with Gasteiger partial charge in [0.15, 0.2) is 0 Å². The van der Waals surface area contributed by atoms with Gasteiger partial charge in [0.25, 0.3) is 0 Å². The summed E-state index contributed by atoms with van der Waals surface area (Å²) in [6, 6.07) is 15.8. The summed E-state index contributed by atoms with van der Waals surface area (Å²) in [4.78, 5) is 0. The first-order chi connectivity index (χ1) is 9.85. The number of rotatable bonds is 4. The number of ether oxygens (including phenoxy) is 1. The van der Waals surface area contributed by atoms with E-state index in [1.807, 2.05) is 54.7 Å². The zero-order valence-corrected chi connectivity index (χ0v) is 11.0. The van der Waals surface area contributed by atoms with Crippen LogP contribution in [0.2, 0.25) is 0 Å². The third-order valence-electron chi connectivity index (χ3n) is 2.91. The maximum Gasteiger partial charge on any atom is 0.119 e. The third-order valence-corrected chi connectivity index (χ3v) is 2.91. The number of methoxy groups -OCH3 is 1. The van der Waals surface area contributed by atoms with Gasteiger partial charge in [0.1, 0.15) is 5.75 Å². The minimum Gasteiger partial charge on any atom is -0.497 e. The van der Waals surface area contributed by atoms with Gasteiger partial charge >= 0.3 is 0 Å². The maximum absolute atomic E-state index is 5.14. The smallest absolute Gasteiger partial charge is 0.119 e. The highest BCUT2D eigenvalue weighted by Crippen LogP contribution is 2.21. The Bertz CT molecular complexity index is 677. The molecule has 0 aliphatic rings. The molecule has 0 atom stereocenters. The Labute approximate surface area is 116 Å². The van der Waals surface area contributed by atoms with Gasteiger partial charge in [0.2, 0.25) is 0 Å². The van der Waals surface area contributed by atoms with Crippen LogP contribution in [-0.4, -0.2) is 22.1 Å². The zero-order chi connectivity index (χ0) is 13.8. The highest BCUT2D eigenvalue weighted by atomic mass is 16.5. The topological polar surface area (TPSA) is 52.0 Å². The van der Waals surface area contributed by atoms with Gasteiger partial charge in [0, 0.05) is 11.4 Å². The molecule has 1 aromatic heterocycles. The number of aromatic nitrogens is 3. The van der Waals surface area contributed by atoms with Crippen molar-refractivity contribution in [2.24, 2.45) is 0 Å². The molecule has 20 heavy (non-hydrogen) atoms. The number of hydrogen-bond acceptors (Lipinski definition) is 4. The minimum atomic E-state index is 0.840. The first kappa shape index (κ1) is 12.2. The number of anilines is 2. The summed E-state index contributed by atoms with van der Waals surface area (Å²) in [5, 5.41) is 11.1. The first-order valence-electron chi connectivity index (χ1n) is 6.23. The molecule has 0 aliphatic carbocycles. The highest BCUT2D eigenvalue weighted by molar-refractivity contribution is 5.62. The SMILES string of the molecule is COc1ccc(Nc2cccc(-n3ccnn3)c2)cc1. The summed E-state index contributed by atoms with van der Waals surface area (Å²) in [5.74, 6) is 0.840.